The van der Waals surface area contributed by atoms with Crippen molar-refractivity contribution in [1.29, 1.82) is 0 Å². The Morgan fingerprint density at radius 3 is 2.19 bits per heavy atom. The number of rotatable bonds is 5. The summed E-state index contributed by atoms with van der Waals surface area (Å²) in [6.45, 7) is 2.63. The van der Waals surface area contributed by atoms with Gasteiger partial charge in [0, 0.05) is 38.3 Å². The maximum absolute atomic E-state index is 9.30. The molecule has 1 aromatic carbocycles. The number of aliphatic hydroxyl groups is 1. The summed E-state index contributed by atoms with van der Waals surface area (Å²) in [5, 5.41) is 9.30. The zero-order valence-corrected chi connectivity index (χ0v) is 10.4. The second kappa shape index (κ2) is 5.32. The first-order valence-electron chi connectivity index (χ1n) is 5.58. The Morgan fingerprint density at radius 2 is 1.81 bits per heavy atom. The lowest BCUT2D eigenvalue weighted by atomic mass is 9.84. The van der Waals surface area contributed by atoms with Gasteiger partial charge in [-0.2, -0.15) is 0 Å². The van der Waals surface area contributed by atoms with Gasteiger partial charge in [0.1, 0.15) is 0 Å². The Kier molecular flexibility index (Phi) is 4.33. The van der Waals surface area contributed by atoms with Crippen molar-refractivity contribution in [3.05, 3.63) is 29.8 Å². The monoisotopic (exact) mass is 222 g/mol. The van der Waals surface area contributed by atoms with E-state index in [1.165, 1.54) is 11.3 Å². The number of benzene rings is 1. The summed E-state index contributed by atoms with van der Waals surface area (Å²) in [5.41, 5.74) is 7.86. The van der Waals surface area contributed by atoms with Gasteiger partial charge in [0.15, 0.2) is 0 Å². The number of hydrogen-bond donors (Lipinski definition) is 2. The van der Waals surface area contributed by atoms with Crippen molar-refractivity contribution in [3.63, 3.8) is 0 Å². The topological polar surface area (TPSA) is 49.5 Å². The Hall–Kier alpha value is -1.06. The van der Waals surface area contributed by atoms with E-state index < -0.39 is 0 Å². The largest absolute Gasteiger partial charge is 0.396 e. The van der Waals surface area contributed by atoms with E-state index in [0.717, 1.165) is 6.42 Å². The SMILES string of the molecule is CN(C)c1ccc(CC(C)(CN)CO)cc1. The number of nitrogens with two attached hydrogens (primary N) is 1. The van der Waals surface area contributed by atoms with Gasteiger partial charge in [0.25, 0.3) is 0 Å². The number of nitrogens with zero attached hydrogens (tertiary/aromatic N) is 1. The van der Waals surface area contributed by atoms with Crippen molar-refractivity contribution in [3.8, 4) is 0 Å². The molecule has 3 N–H and O–H groups in total. The van der Waals surface area contributed by atoms with Crippen LogP contribution < -0.4 is 10.6 Å². The van der Waals surface area contributed by atoms with Gasteiger partial charge < -0.3 is 15.7 Å². The van der Waals surface area contributed by atoms with E-state index in [-0.39, 0.29) is 12.0 Å². The van der Waals surface area contributed by atoms with Gasteiger partial charge in [-0.15, -0.1) is 0 Å². The minimum Gasteiger partial charge on any atom is -0.396 e. The van der Waals surface area contributed by atoms with Crippen molar-refractivity contribution in [2.75, 3.05) is 32.1 Å². The highest BCUT2D eigenvalue weighted by atomic mass is 16.3. The van der Waals surface area contributed by atoms with Crippen molar-refractivity contribution < 1.29 is 5.11 Å². The van der Waals surface area contributed by atoms with E-state index in [1.807, 2.05) is 21.0 Å². The van der Waals surface area contributed by atoms with Crippen LogP contribution in [0.25, 0.3) is 0 Å². The lowest BCUT2D eigenvalue weighted by molar-refractivity contribution is 0.149. The van der Waals surface area contributed by atoms with Gasteiger partial charge >= 0.3 is 0 Å². The highest BCUT2D eigenvalue weighted by Gasteiger charge is 2.21. The lowest BCUT2D eigenvalue weighted by Crippen LogP contribution is -2.33. The van der Waals surface area contributed by atoms with Crippen LogP contribution in [0.2, 0.25) is 0 Å². The van der Waals surface area contributed by atoms with Crippen LogP contribution in [-0.2, 0) is 6.42 Å². The van der Waals surface area contributed by atoms with Gasteiger partial charge in [-0.1, -0.05) is 19.1 Å². The van der Waals surface area contributed by atoms with Crippen LogP contribution in [0.4, 0.5) is 5.69 Å². The molecule has 90 valence electrons. The molecule has 0 saturated heterocycles. The van der Waals surface area contributed by atoms with Crippen LogP contribution in [0.3, 0.4) is 0 Å². The van der Waals surface area contributed by atoms with Gasteiger partial charge in [-0.05, 0) is 24.1 Å². The van der Waals surface area contributed by atoms with Crippen molar-refractivity contribution in [2.24, 2.45) is 11.1 Å². The molecule has 3 nitrogen and oxygen atoms in total. The summed E-state index contributed by atoms with van der Waals surface area (Å²) >= 11 is 0. The smallest absolute Gasteiger partial charge is 0.0500 e. The zero-order valence-electron chi connectivity index (χ0n) is 10.4. The van der Waals surface area contributed by atoms with Gasteiger partial charge in [0.05, 0.1) is 0 Å². The Bertz CT molecular complexity index is 315. The molecule has 0 heterocycles. The molecule has 0 aliphatic heterocycles. The van der Waals surface area contributed by atoms with E-state index in [9.17, 15) is 5.11 Å². The molecule has 0 radical (unpaired) electrons. The third-order valence-electron chi connectivity index (χ3n) is 2.96. The highest BCUT2D eigenvalue weighted by molar-refractivity contribution is 5.46. The molecule has 0 fully saturated rings. The molecule has 0 saturated carbocycles. The summed E-state index contributed by atoms with van der Waals surface area (Å²) in [5.74, 6) is 0. The Labute approximate surface area is 97.9 Å². The molecular weight excluding hydrogens is 200 g/mol. The van der Waals surface area contributed by atoms with Crippen LogP contribution >= 0.6 is 0 Å². The van der Waals surface area contributed by atoms with Crippen molar-refractivity contribution in [1.82, 2.24) is 0 Å². The lowest BCUT2D eigenvalue weighted by Gasteiger charge is -2.25. The second-order valence-corrected chi connectivity index (χ2v) is 4.91. The van der Waals surface area contributed by atoms with Crippen LogP contribution in [0.15, 0.2) is 24.3 Å². The second-order valence-electron chi connectivity index (χ2n) is 4.91. The normalized spacial score (nSPS) is 14.6. The molecule has 1 atom stereocenters. The molecule has 3 heteroatoms. The van der Waals surface area contributed by atoms with E-state index in [0.29, 0.717) is 6.54 Å². The molecule has 1 unspecified atom stereocenters. The third-order valence-corrected chi connectivity index (χ3v) is 2.96. The molecule has 0 aromatic heterocycles. The predicted octanol–water partition coefficient (Wildman–Crippen LogP) is 1.25. The van der Waals surface area contributed by atoms with E-state index >= 15 is 0 Å². The zero-order chi connectivity index (χ0) is 12.2. The Morgan fingerprint density at radius 1 is 1.25 bits per heavy atom. The minimum absolute atomic E-state index is 0.124. The first-order chi connectivity index (χ1) is 7.50. The average Bonchev–Trinajstić information content (AvgIpc) is 2.29. The third kappa shape index (κ3) is 3.22. The summed E-state index contributed by atoms with van der Waals surface area (Å²) in [4.78, 5) is 2.07. The Balaban J connectivity index is 2.75. The average molecular weight is 222 g/mol. The molecule has 1 aromatic rings. The van der Waals surface area contributed by atoms with Crippen LogP contribution in [-0.4, -0.2) is 32.4 Å². The molecular formula is C13H22N2O. The molecule has 1 rings (SSSR count). The molecule has 0 amide bonds. The van der Waals surface area contributed by atoms with Crippen LogP contribution in [0, 0.1) is 5.41 Å². The maximum Gasteiger partial charge on any atom is 0.0500 e. The fraction of sp³-hybridized carbons (Fsp3) is 0.538. The highest BCUT2D eigenvalue weighted by Crippen LogP contribution is 2.22. The minimum atomic E-state index is -0.209. The predicted molar refractivity (Wildman–Crippen MR) is 68.7 cm³/mol. The maximum atomic E-state index is 9.30. The molecule has 0 aliphatic rings. The quantitative estimate of drug-likeness (QED) is 0.788. The molecule has 0 bridgehead atoms. The van der Waals surface area contributed by atoms with Gasteiger partial charge in [-0.3, -0.25) is 0 Å². The standard InChI is InChI=1S/C13H22N2O/c1-13(9-14,10-16)8-11-4-6-12(7-5-11)15(2)3/h4-7,16H,8-10,14H2,1-3H3. The summed E-state index contributed by atoms with van der Waals surface area (Å²) < 4.78 is 0. The summed E-state index contributed by atoms with van der Waals surface area (Å²) in [6, 6.07) is 8.37. The van der Waals surface area contributed by atoms with Crippen LogP contribution in [0.1, 0.15) is 12.5 Å². The van der Waals surface area contributed by atoms with Crippen molar-refractivity contribution >= 4 is 5.69 Å². The number of anilines is 1. The fourth-order valence-electron chi connectivity index (χ4n) is 1.60. The first kappa shape index (κ1) is 13.0. The van der Waals surface area contributed by atoms with Crippen LogP contribution in [0.5, 0.6) is 0 Å². The van der Waals surface area contributed by atoms with Gasteiger partial charge in [0.2, 0.25) is 0 Å². The number of hydrogen-bond acceptors (Lipinski definition) is 3. The summed E-state index contributed by atoms with van der Waals surface area (Å²) in [7, 11) is 4.04. The molecule has 0 aliphatic carbocycles. The fourth-order valence-corrected chi connectivity index (χ4v) is 1.60. The first-order valence-corrected chi connectivity index (χ1v) is 5.58. The molecule has 16 heavy (non-hydrogen) atoms. The van der Waals surface area contributed by atoms with Crippen molar-refractivity contribution in [2.45, 2.75) is 13.3 Å². The van der Waals surface area contributed by atoms with E-state index in [1.54, 1.807) is 0 Å². The number of aliphatic hydroxyl groups excluding tert-OH is 1. The van der Waals surface area contributed by atoms with E-state index in [4.69, 9.17) is 5.73 Å². The van der Waals surface area contributed by atoms with Gasteiger partial charge in [-0.25, -0.2) is 0 Å². The molecule has 0 spiro atoms. The summed E-state index contributed by atoms with van der Waals surface area (Å²) in [6.07, 6.45) is 0.813. The van der Waals surface area contributed by atoms with E-state index in [2.05, 4.69) is 29.2 Å².